The van der Waals surface area contributed by atoms with Crippen molar-refractivity contribution in [3.63, 3.8) is 0 Å². The van der Waals surface area contributed by atoms with Crippen molar-refractivity contribution >= 4 is 17.9 Å². The van der Waals surface area contributed by atoms with E-state index in [1.54, 1.807) is 88.2 Å². The Morgan fingerprint density at radius 2 is 0.947 bits per heavy atom. The summed E-state index contributed by atoms with van der Waals surface area (Å²) in [4.78, 5) is 30.3. The molecule has 0 amide bonds. The molecule has 7 heteroatoms. The zero-order valence-corrected chi connectivity index (χ0v) is 23.3. The van der Waals surface area contributed by atoms with Crippen molar-refractivity contribution in [2.24, 2.45) is 5.92 Å². The average Bonchev–Trinajstić information content (AvgIpc) is 3.63. The maximum atomic E-state index is 10.1. The molecule has 0 spiro atoms. The summed E-state index contributed by atoms with van der Waals surface area (Å²) in [7, 11) is 0. The van der Waals surface area contributed by atoms with Crippen molar-refractivity contribution < 1.29 is 54.4 Å². The first-order valence-corrected chi connectivity index (χ1v) is 13.4. The quantitative estimate of drug-likeness (QED) is 0.463. The van der Waals surface area contributed by atoms with Crippen LogP contribution < -0.4 is 15.3 Å². The molecule has 192 valence electrons. The van der Waals surface area contributed by atoms with E-state index in [0.29, 0.717) is 0 Å². The number of benzene rings is 3. The van der Waals surface area contributed by atoms with Crippen molar-refractivity contribution in [1.29, 1.82) is 0 Å². The molecule has 2 aliphatic carbocycles. The molecular weight excluding hydrogens is 560 g/mol. The second kappa shape index (κ2) is 17.0. The predicted octanol–water partition coefficient (Wildman–Crippen LogP) is 3.09. The van der Waals surface area contributed by atoms with Gasteiger partial charge in [-0.3, -0.25) is 0 Å². The van der Waals surface area contributed by atoms with Crippen LogP contribution in [0.2, 0.25) is 0 Å². The number of carbonyl (C=O) groups excluding carboxylic acids is 3. The molecule has 38 heavy (non-hydrogen) atoms. The van der Waals surface area contributed by atoms with E-state index in [0.717, 1.165) is 5.92 Å². The summed E-state index contributed by atoms with van der Waals surface area (Å²) in [5, 5.41) is 30.3. The first-order valence-electron chi connectivity index (χ1n) is 12.2. The SMILES string of the molecule is O=C([O-])c1ccccc1.O=C([O-])c1ccccc1.O=C([O-])c1ccccc1.[Zr+3][C]1=C(C2CCCC2)C=CC1. The van der Waals surface area contributed by atoms with Gasteiger partial charge in [0.25, 0.3) is 0 Å². The van der Waals surface area contributed by atoms with Gasteiger partial charge in [-0.25, -0.2) is 0 Å². The fraction of sp³-hybridized carbons (Fsp3) is 0.194. The van der Waals surface area contributed by atoms with Gasteiger partial charge >= 0.3 is 83.7 Å². The van der Waals surface area contributed by atoms with Crippen LogP contribution in [0.15, 0.2) is 112 Å². The third-order valence-electron chi connectivity index (χ3n) is 5.79. The summed E-state index contributed by atoms with van der Waals surface area (Å²) in [6.07, 6.45) is 11.8. The minimum atomic E-state index is -1.13. The third kappa shape index (κ3) is 11.2. The molecule has 0 N–H and O–H groups in total. The second-order valence-electron chi connectivity index (χ2n) is 8.48. The Balaban J connectivity index is 0.000000179. The zero-order valence-electron chi connectivity index (χ0n) is 20.9. The van der Waals surface area contributed by atoms with Crippen LogP contribution in [0.5, 0.6) is 0 Å². The number of hydrogen-bond acceptors (Lipinski definition) is 6. The number of carbonyl (C=O) groups is 3. The van der Waals surface area contributed by atoms with E-state index < -0.39 is 17.9 Å². The number of rotatable bonds is 4. The molecule has 0 atom stereocenters. The maximum absolute atomic E-state index is 10.1. The van der Waals surface area contributed by atoms with Crippen molar-refractivity contribution in [3.8, 4) is 0 Å². The van der Waals surface area contributed by atoms with Gasteiger partial charge in [0, 0.05) is 0 Å². The minimum absolute atomic E-state index is 0.220. The van der Waals surface area contributed by atoms with Gasteiger partial charge in [-0.05, 0) is 16.7 Å². The summed E-state index contributed by atoms with van der Waals surface area (Å²) in [6.45, 7) is 0. The first kappa shape index (κ1) is 30.7. The van der Waals surface area contributed by atoms with Crippen LogP contribution in [0.25, 0.3) is 0 Å². The monoisotopic (exact) mass is 586 g/mol. The van der Waals surface area contributed by atoms with E-state index >= 15 is 0 Å². The fourth-order valence-electron chi connectivity index (χ4n) is 3.86. The Hall–Kier alpha value is -3.57. The van der Waals surface area contributed by atoms with Crippen LogP contribution in [-0.2, 0) is 24.7 Å². The van der Waals surface area contributed by atoms with Crippen LogP contribution in [0, 0.1) is 5.92 Å². The normalized spacial score (nSPS) is 13.7. The van der Waals surface area contributed by atoms with Gasteiger partial charge in [0.15, 0.2) is 0 Å². The molecule has 0 bridgehead atoms. The molecule has 0 radical (unpaired) electrons. The van der Waals surface area contributed by atoms with Crippen molar-refractivity contribution in [1.82, 2.24) is 0 Å². The summed E-state index contributed by atoms with van der Waals surface area (Å²) in [6, 6.07) is 24.2. The number of aromatic carboxylic acids is 3. The van der Waals surface area contributed by atoms with Gasteiger partial charge in [0.1, 0.15) is 0 Å². The molecule has 0 aliphatic heterocycles. The van der Waals surface area contributed by atoms with Gasteiger partial charge in [-0.1, -0.05) is 91.0 Å². The molecular formula is C31H28O6Zr. The third-order valence-corrected chi connectivity index (χ3v) is 7.00. The zero-order chi connectivity index (χ0) is 27.8. The molecule has 1 fully saturated rings. The van der Waals surface area contributed by atoms with Crippen LogP contribution in [0.3, 0.4) is 0 Å². The summed E-state index contributed by atoms with van der Waals surface area (Å²) in [5.74, 6) is -2.44. The molecule has 3 aromatic rings. The van der Waals surface area contributed by atoms with Crippen molar-refractivity contribution in [2.75, 3.05) is 0 Å². The Bertz CT molecular complexity index is 1100. The van der Waals surface area contributed by atoms with Gasteiger partial charge < -0.3 is 29.7 Å². The van der Waals surface area contributed by atoms with E-state index in [9.17, 15) is 29.7 Å². The van der Waals surface area contributed by atoms with Gasteiger partial charge in [0.05, 0.1) is 17.9 Å². The number of carboxylic acid groups (broad SMARTS) is 3. The number of allylic oxidation sites excluding steroid dienone is 4. The Labute approximate surface area is 238 Å². The molecule has 6 nitrogen and oxygen atoms in total. The molecule has 1 saturated carbocycles. The van der Waals surface area contributed by atoms with E-state index in [1.165, 1.54) is 68.5 Å². The van der Waals surface area contributed by atoms with Crippen molar-refractivity contribution in [3.05, 3.63) is 129 Å². The molecule has 0 heterocycles. The molecule has 5 rings (SSSR count). The average molecular weight is 588 g/mol. The first-order chi connectivity index (χ1) is 18.3. The second-order valence-corrected chi connectivity index (χ2v) is 9.97. The predicted molar refractivity (Wildman–Crippen MR) is 135 cm³/mol. The molecule has 0 aromatic heterocycles. The van der Waals surface area contributed by atoms with E-state index in [2.05, 4.69) is 12.2 Å². The van der Waals surface area contributed by atoms with Gasteiger partial charge in [0.2, 0.25) is 0 Å². The topological polar surface area (TPSA) is 120 Å². The van der Waals surface area contributed by atoms with Gasteiger partial charge in [-0.15, -0.1) is 0 Å². The standard InChI is InChI=1S/C10H13.3C7H6O2.Zr/c1-2-6-9(5-1)10-7-3-4-8-10;3*8-7(9)6-4-2-1-3-5-6;/h1,5,10H,2-4,7-8H2;3*1-5H,(H,8,9);/q;;;;+3/p-3. The molecule has 2 aliphatic rings. The van der Waals surface area contributed by atoms with Crippen LogP contribution in [-0.4, -0.2) is 17.9 Å². The van der Waals surface area contributed by atoms with Gasteiger partial charge in [-0.2, -0.15) is 0 Å². The fourth-order valence-corrected chi connectivity index (χ4v) is 4.86. The number of carboxylic acids is 3. The molecule has 0 saturated heterocycles. The summed E-state index contributed by atoms with van der Waals surface area (Å²) >= 11 is 1.64. The van der Waals surface area contributed by atoms with Crippen LogP contribution >= 0.6 is 0 Å². The molecule has 0 unspecified atom stereocenters. The Kier molecular flexibility index (Phi) is 13.7. The van der Waals surface area contributed by atoms with Crippen LogP contribution in [0.4, 0.5) is 0 Å². The van der Waals surface area contributed by atoms with E-state index in [4.69, 9.17) is 0 Å². The van der Waals surface area contributed by atoms with E-state index in [-0.39, 0.29) is 16.7 Å². The Morgan fingerprint density at radius 1 is 0.605 bits per heavy atom. The summed E-state index contributed by atoms with van der Waals surface area (Å²) < 4.78 is 1.71. The van der Waals surface area contributed by atoms with Crippen LogP contribution in [0.1, 0.15) is 63.2 Å². The Morgan fingerprint density at radius 3 is 1.18 bits per heavy atom. The number of hydrogen-bond donors (Lipinski definition) is 0. The van der Waals surface area contributed by atoms with E-state index in [1.807, 2.05) is 0 Å². The van der Waals surface area contributed by atoms with Crippen molar-refractivity contribution in [2.45, 2.75) is 32.1 Å². The summed E-state index contributed by atoms with van der Waals surface area (Å²) in [5.41, 5.74) is 2.37. The molecule has 3 aromatic carbocycles.